The van der Waals surface area contributed by atoms with Crippen LogP contribution in [-0.4, -0.2) is 23.4 Å². The summed E-state index contributed by atoms with van der Waals surface area (Å²) in [5.41, 5.74) is 5.45. The van der Waals surface area contributed by atoms with Crippen LogP contribution >= 0.6 is 0 Å². The Morgan fingerprint density at radius 3 is 2.59 bits per heavy atom. The molecule has 5 nitrogen and oxygen atoms in total. The maximum Gasteiger partial charge on any atom is 0.359 e. The van der Waals surface area contributed by atoms with E-state index in [2.05, 4.69) is 10.5 Å². The molecule has 0 aliphatic carbocycles. The molecular weight excluding hydrogens is 280 g/mol. The Hall–Kier alpha value is -2.82. The minimum atomic E-state index is -0.520. The number of aromatic hydroxyl groups is 1. The molecule has 0 saturated carbocycles. The van der Waals surface area contributed by atoms with E-state index in [-0.39, 0.29) is 18.1 Å². The van der Waals surface area contributed by atoms with E-state index in [0.717, 1.165) is 11.3 Å². The number of hydrogen-bond acceptors (Lipinski definition) is 5. The summed E-state index contributed by atoms with van der Waals surface area (Å²) in [5.74, 6) is -0.396. The van der Waals surface area contributed by atoms with Gasteiger partial charge in [0.15, 0.2) is 5.71 Å². The molecule has 2 rings (SSSR count). The van der Waals surface area contributed by atoms with E-state index in [4.69, 9.17) is 4.74 Å². The number of carbonyl (C=O) groups excluding carboxylic acids is 1. The van der Waals surface area contributed by atoms with Gasteiger partial charge in [-0.1, -0.05) is 12.1 Å². The molecular formula is C17H18N2O3. The number of ether oxygens (including phenoxy) is 1. The Labute approximate surface area is 129 Å². The summed E-state index contributed by atoms with van der Waals surface area (Å²) in [7, 11) is 0. The first-order valence-electron chi connectivity index (χ1n) is 6.97. The van der Waals surface area contributed by atoms with Gasteiger partial charge in [-0.15, -0.1) is 0 Å². The Morgan fingerprint density at radius 2 is 1.95 bits per heavy atom. The van der Waals surface area contributed by atoms with Gasteiger partial charge in [-0.25, -0.2) is 4.79 Å². The van der Waals surface area contributed by atoms with Crippen LogP contribution in [0, 0.1) is 6.92 Å². The zero-order valence-electron chi connectivity index (χ0n) is 12.5. The van der Waals surface area contributed by atoms with Crippen LogP contribution < -0.4 is 5.43 Å². The van der Waals surface area contributed by atoms with Gasteiger partial charge >= 0.3 is 5.97 Å². The van der Waals surface area contributed by atoms with E-state index < -0.39 is 5.97 Å². The molecule has 2 aromatic rings. The Kier molecular flexibility index (Phi) is 5.14. The predicted molar refractivity (Wildman–Crippen MR) is 86.1 cm³/mol. The van der Waals surface area contributed by atoms with Crippen molar-refractivity contribution in [3.05, 3.63) is 59.7 Å². The molecule has 2 N–H and O–H groups in total. The number of benzene rings is 2. The number of phenolic OH excluding ortho intramolecular Hbond substituents is 1. The molecule has 0 aliphatic heterocycles. The van der Waals surface area contributed by atoms with Crippen LogP contribution in [0.5, 0.6) is 5.75 Å². The third-order valence-electron chi connectivity index (χ3n) is 2.92. The third kappa shape index (κ3) is 4.09. The van der Waals surface area contributed by atoms with Crippen molar-refractivity contribution >= 4 is 17.4 Å². The second kappa shape index (κ2) is 7.26. The van der Waals surface area contributed by atoms with E-state index in [9.17, 15) is 9.90 Å². The van der Waals surface area contributed by atoms with Crippen LogP contribution in [0.15, 0.2) is 53.6 Å². The standard InChI is InChI=1S/C17H18N2O3/c1-3-22-17(21)16(13-7-9-15(20)10-8-13)19-18-14-6-4-5-12(2)11-14/h4-11,18,20H,3H2,1-2H3/b19-16-. The fraction of sp³-hybridized carbons (Fsp3) is 0.176. The normalized spacial score (nSPS) is 11.1. The highest BCUT2D eigenvalue weighted by atomic mass is 16.5. The maximum absolute atomic E-state index is 12.1. The summed E-state index contributed by atoms with van der Waals surface area (Å²) in [6.07, 6.45) is 0. The summed E-state index contributed by atoms with van der Waals surface area (Å²) in [6, 6.07) is 13.9. The number of phenols is 1. The van der Waals surface area contributed by atoms with E-state index in [1.165, 1.54) is 12.1 Å². The number of esters is 1. The van der Waals surface area contributed by atoms with Crippen molar-refractivity contribution in [2.45, 2.75) is 13.8 Å². The molecule has 0 amide bonds. The van der Waals surface area contributed by atoms with Crippen molar-refractivity contribution in [3.63, 3.8) is 0 Å². The van der Waals surface area contributed by atoms with E-state index in [1.54, 1.807) is 19.1 Å². The predicted octanol–water partition coefficient (Wildman–Crippen LogP) is 3.08. The summed E-state index contributed by atoms with van der Waals surface area (Å²) < 4.78 is 5.03. The molecule has 0 fully saturated rings. The molecule has 0 heterocycles. The minimum Gasteiger partial charge on any atom is -0.508 e. The highest BCUT2D eigenvalue weighted by Crippen LogP contribution is 2.13. The number of anilines is 1. The molecule has 114 valence electrons. The molecule has 5 heteroatoms. The molecule has 0 radical (unpaired) electrons. The molecule has 0 spiro atoms. The lowest BCUT2D eigenvalue weighted by Gasteiger charge is -2.08. The van der Waals surface area contributed by atoms with Crippen molar-refractivity contribution in [1.29, 1.82) is 0 Å². The Balaban J connectivity index is 2.29. The number of aryl methyl sites for hydroxylation is 1. The smallest absolute Gasteiger partial charge is 0.359 e. The van der Waals surface area contributed by atoms with Gasteiger partial charge in [0, 0.05) is 5.56 Å². The van der Waals surface area contributed by atoms with Crippen LogP contribution in [-0.2, 0) is 9.53 Å². The lowest BCUT2D eigenvalue weighted by Crippen LogP contribution is -2.20. The summed E-state index contributed by atoms with van der Waals surface area (Å²) >= 11 is 0. The number of nitrogens with one attached hydrogen (secondary N) is 1. The first kappa shape index (κ1) is 15.6. The van der Waals surface area contributed by atoms with Crippen LogP contribution in [0.3, 0.4) is 0 Å². The van der Waals surface area contributed by atoms with Gasteiger partial charge in [0.2, 0.25) is 0 Å². The highest BCUT2D eigenvalue weighted by molar-refractivity contribution is 6.43. The van der Waals surface area contributed by atoms with Crippen LogP contribution in [0.25, 0.3) is 0 Å². The van der Waals surface area contributed by atoms with Crippen LogP contribution in [0.1, 0.15) is 18.1 Å². The van der Waals surface area contributed by atoms with E-state index in [0.29, 0.717) is 5.56 Å². The fourth-order valence-electron chi connectivity index (χ4n) is 1.88. The first-order valence-corrected chi connectivity index (χ1v) is 6.97. The molecule has 0 aromatic heterocycles. The average molecular weight is 298 g/mol. The van der Waals surface area contributed by atoms with E-state index >= 15 is 0 Å². The highest BCUT2D eigenvalue weighted by Gasteiger charge is 2.15. The van der Waals surface area contributed by atoms with Crippen molar-refractivity contribution in [2.75, 3.05) is 12.0 Å². The van der Waals surface area contributed by atoms with E-state index in [1.807, 2.05) is 31.2 Å². The molecule has 2 aromatic carbocycles. The first-order chi connectivity index (χ1) is 10.6. The van der Waals surface area contributed by atoms with Gasteiger partial charge in [0.05, 0.1) is 12.3 Å². The fourth-order valence-corrected chi connectivity index (χ4v) is 1.88. The molecule has 0 unspecified atom stereocenters. The number of nitrogens with zero attached hydrogens (tertiary/aromatic N) is 1. The number of hydrogen-bond donors (Lipinski definition) is 2. The van der Waals surface area contributed by atoms with Crippen molar-refractivity contribution in [2.24, 2.45) is 5.10 Å². The van der Waals surface area contributed by atoms with Gasteiger partial charge in [0.1, 0.15) is 5.75 Å². The Bertz CT molecular complexity index is 679. The second-order valence-electron chi connectivity index (χ2n) is 4.71. The minimum absolute atomic E-state index is 0.124. The van der Waals surface area contributed by atoms with Gasteiger partial charge in [-0.3, -0.25) is 5.43 Å². The molecule has 0 aliphatic rings. The van der Waals surface area contributed by atoms with Gasteiger partial charge in [-0.2, -0.15) is 5.10 Å². The zero-order chi connectivity index (χ0) is 15.9. The monoisotopic (exact) mass is 298 g/mol. The van der Waals surface area contributed by atoms with Crippen LogP contribution in [0.2, 0.25) is 0 Å². The second-order valence-corrected chi connectivity index (χ2v) is 4.71. The van der Waals surface area contributed by atoms with Gasteiger partial charge in [0.25, 0.3) is 0 Å². The van der Waals surface area contributed by atoms with Gasteiger partial charge in [-0.05, 0) is 55.8 Å². The molecule has 22 heavy (non-hydrogen) atoms. The third-order valence-corrected chi connectivity index (χ3v) is 2.92. The molecule has 0 saturated heterocycles. The zero-order valence-corrected chi connectivity index (χ0v) is 12.5. The van der Waals surface area contributed by atoms with Gasteiger partial charge < -0.3 is 9.84 Å². The lowest BCUT2D eigenvalue weighted by molar-refractivity contribution is -0.134. The quantitative estimate of drug-likeness (QED) is 0.505. The number of rotatable bonds is 5. The molecule has 0 bridgehead atoms. The topological polar surface area (TPSA) is 70.9 Å². The lowest BCUT2D eigenvalue weighted by atomic mass is 10.1. The maximum atomic E-state index is 12.1. The molecule has 0 atom stereocenters. The number of hydrazone groups is 1. The summed E-state index contributed by atoms with van der Waals surface area (Å²) in [4.78, 5) is 12.1. The van der Waals surface area contributed by atoms with Crippen molar-refractivity contribution in [1.82, 2.24) is 0 Å². The van der Waals surface area contributed by atoms with Crippen molar-refractivity contribution < 1.29 is 14.6 Å². The van der Waals surface area contributed by atoms with Crippen LogP contribution in [0.4, 0.5) is 5.69 Å². The Morgan fingerprint density at radius 1 is 1.23 bits per heavy atom. The summed E-state index contributed by atoms with van der Waals surface area (Å²) in [6.45, 7) is 3.97. The van der Waals surface area contributed by atoms with Crippen molar-refractivity contribution in [3.8, 4) is 5.75 Å². The largest absolute Gasteiger partial charge is 0.508 e. The number of carbonyl (C=O) groups is 1. The SMILES string of the molecule is CCOC(=O)/C(=N\Nc1cccc(C)c1)c1ccc(O)cc1. The summed E-state index contributed by atoms with van der Waals surface area (Å²) in [5, 5.41) is 13.5. The average Bonchev–Trinajstić information content (AvgIpc) is 2.49.